The molecule has 0 atom stereocenters. The van der Waals surface area contributed by atoms with Crippen molar-refractivity contribution >= 4 is 28.6 Å². The summed E-state index contributed by atoms with van der Waals surface area (Å²) in [6.07, 6.45) is 13.7. The summed E-state index contributed by atoms with van der Waals surface area (Å²) < 4.78 is 10.7. The lowest BCUT2D eigenvalue weighted by Crippen LogP contribution is -2.23. The summed E-state index contributed by atoms with van der Waals surface area (Å²) >= 11 is 5.48. The van der Waals surface area contributed by atoms with Gasteiger partial charge < -0.3 is 9.47 Å². The molecule has 0 spiro atoms. The molecule has 0 unspecified atom stereocenters. The van der Waals surface area contributed by atoms with Crippen LogP contribution >= 0.6 is 12.2 Å². The Hall–Kier alpha value is -2.45. The maximum absolute atomic E-state index is 11.9. The molecule has 0 saturated carbocycles. The van der Waals surface area contributed by atoms with Gasteiger partial charge in [0.25, 0.3) is 0 Å². The molecular weight excluding hydrogens is 334 g/mol. The van der Waals surface area contributed by atoms with Crippen molar-refractivity contribution < 1.29 is 14.3 Å². The van der Waals surface area contributed by atoms with Crippen molar-refractivity contribution in [2.45, 2.75) is 46.1 Å². The molecular formula is C20H21NO3S. The number of thiocarbonyl (C=S) groups is 1. The van der Waals surface area contributed by atoms with Gasteiger partial charge in [0.05, 0.1) is 16.1 Å². The van der Waals surface area contributed by atoms with Gasteiger partial charge in [0.1, 0.15) is 17.5 Å². The van der Waals surface area contributed by atoms with Crippen LogP contribution in [-0.4, -0.2) is 21.4 Å². The number of carbonyl (C=O) groups is 1. The van der Waals surface area contributed by atoms with Crippen molar-refractivity contribution in [1.29, 1.82) is 0 Å². The summed E-state index contributed by atoms with van der Waals surface area (Å²) in [4.78, 5) is 17.1. The first-order chi connectivity index (χ1) is 11.8. The fraction of sp³-hybridized carbons (Fsp3) is 0.350. The van der Waals surface area contributed by atoms with Crippen molar-refractivity contribution in [3.63, 3.8) is 0 Å². The van der Waals surface area contributed by atoms with E-state index in [0.29, 0.717) is 29.9 Å². The SMILES string of the molecule is C#COC(=O)c1cnc(C2=C(OC(C)(C)C)C(=S)CC=C2)cc1CC. The maximum atomic E-state index is 11.9. The van der Waals surface area contributed by atoms with Gasteiger partial charge in [-0.15, -0.1) is 0 Å². The second kappa shape index (κ2) is 7.62. The molecule has 1 aliphatic carbocycles. The highest BCUT2D eigenvalue weighted by molar-refractivity contribution is 7.80. The quantitative estimate of drug-likeness (QED) is 0.459. The fourth-order valence-corrected chi connectivity index (χ4v) is 2.70. The molecule has 1 heterocycles. The van der Waals surface area contributed by atoms with E-state index in [2.05, 4.69) is 9.72 Å². The number of esters is 1. The summed E-state index contributed by atoms with van der Waals surface area (Å²) in [6.45, 7) is 7.88. The van der Waals surface area contributed by atoms with Crippen molar-refractivity contribution in [1.82, 2.24) is 4.98 Å². The molecule has 0 bridgehead atoms. The van der Waals surface area contributed by atoms with Crippen LogP contribution in [0.15, 0.2) is 30.2 Å². The van der Waals surface area contributed by atoms with E-state index in [1.165, 1.54) is 6.20 Å². The zero-order valence-electron chi connectivity index (χ0n) is 14.9. The normalized spacial score (nSPS) is 14.3. The standard InChI is InChI=1S/C20H21NO3S/c1-6-13-11-16(21-12-15(13)19(22)23-7-2)14-9-8-10-17(25)18(14)24-20(3,4)5/h2,8-9,11-12H,6,10H2,1,3-5H3. The zero-order chi connectivity index (χ0) is 18.6. The van der Waals surface area contributed by atoms with Crippen molar-refractivity contribution in [2.75, 3.05) is 0 Å². The highest BCUT2D eigenvalue weighted by Gasteiger charge is 2.24. The van der Waals surface area contributed by atoms with E-state index in [1.54, 1.807) is 0 Å². The third-order valence-electron chi connectivity index (χ3n) is 3.51. The van der Waals surface area contributed by atoms with Gasteiger partial charge in [-0.3, -0.25) is 4.98 Å². The highest BCUT2D eigenvalue weighted by Crippen LogP contribution is 2.30. The Bertz CT molecular complexity index is 807. The van der Waals surface area contributed by atoms with E-state index in [4.69, 9.17) is 23.4 Å². The Morgan fingerprint density at radius 2 is 2.16 bits per heavy atom. The number of aromatic nitrogens is 1. The van der Waals surface area contributed by atoms with E-state index in [1.807, 2.05) is 52.0 Å². The van der Waals surface area contributed by atoms with E-state index >= 15 is 0 Å². The molecule has 0 N–H and O–H groups in total. The van der Waals surface area contributed by atoms with Crippen LogP contribution in [-0.2, 0) is 15.9 Å². The minimum absolute atomic E-state index is 0.366. The molecule has 130 valence electrons. The number of ether oxygens (including phenoxy) is 2. The number of rotatable bonds is 4. The minimum Gasteiger partial charge on any atom is -0.486 e. The van der Waals surface area contributed by atoms with Gasteiger partial charge in [0.2, 0.25) is 0 Å². The summed E-state index contributed by atoms with van der Waals surface area (Å²) in [5.74, 6) is 0.0896. The molecule has 2 rings (SSSR count). The highest BCUT2D eigenvalue weighted by atomic mass is 32.1. The van der Waals surface area contributed by atoms with Gasteiger partial charge in [-0.2, -0.15) is 0 Å². The van der Waals surface area contributed by atoms with Crippen LogP contribution in [0.1, 0.15) is 55.7 Å². The summed E-state index contributed by atoms with van der Waals surface area (Å²) in [5.41, 5.74) is 2.31. The van der Waals surface area contributed by atoms with Crippen molar-refractivity contribution in [3.8, 4) is 12.5 Å². The summed E-state index contributed by atoms with van der Waals surface area (Å²) in [6, 6.07) is 1.85. The molecule has 0 aliphatic heterocycles. The average molecular weight is 355 g/mol. The Morgan fingerprint density at radius 3 is 2.76 bits per heavy atom. The first-order valence-corrected chi connectivity index (χ1v) is 8.46. The lowest BCUT2D eigenvalue weighted by Gasteiger charge is -2.27. The molecule has 4 nitrogen and oxygen atoms in total. The number of carbonyl (C=O) groups excluding carboxylic acids is 1. The average Bonchev–Trinajstić information content (AvgIpc) is 2.55. The number of allylic oxidation sites excluding steroid dienone is 4. The lowest BCUT2D eigenvalue weighted by molar-refractivity contribution is 0.0654. The number of hydrogen-bond acceptors (Lipinski definition) is 5. The van der Waals surface area contributed by atoms with Crippen LogP contribution in [0, 0.1) is 12.5 Å². The maximum Gasteiger partial charge on any atom is 0.353 e. The van der Waals surface area contributed by atoms with Gasteiger partial charge >= 0.3 is 5.97 Å². The Kier molecular flexibility index (Phi) is 5.76. The Labute approximate surface area is 153 Å². The number of pyridine rings is 1. The third-order valence-corrected chi connectivity index (χ3v) is 3.86. The van der Waals surface area contributed by atoms with Crippen LogP contribution in [0.5, 0.6) is 0 Å². The monoisotopic (exact) mass is 355 g/mol. The first kappa shape index (κ1) is 18.9. The number of nitrogens with zero attached hydrogens (tertiary/aromatic N) is 1. The molecule has 1 aliphatic rings. The fourth-order valence-electron chi connectivity index (χ4n) is 2.45. The molecule has 1 aromatic rings. The number of aryl methyl sites for hydroxylation is 1. The van der Waals surface area contributed by atoms with Gasteiger partial charge in [0, 0.05) is 18.2 Å². The predicted octanol–water partition coefficient (Wildman–Crippen LogP) is 4.25. The van der Waals surface area contributed by atoms with Crippen molar-refractivity contribution in [3.05, 3.63) is 47.0 Å². The second-order valence-electron chi connectivity index (χ2n) is 6.57. The molecule has 0 aromatic carbocycles. The molecule has 0 saturated heterocycles. The Morgan fingerprint density at radius 1 is 1.44 bits per heavy atom. The van der Waals surface area contributed by atoms with Crippen LogP contribution < -0.4 is 0 Å². The van der Waals surface area contributed by atoms with Gasteiger partial charge in [-0.25, -0.2) is 4.79 Å². The molecule has 5 heteroatoms. The molecule has 0 fully saturated rings. The first-order valence-electron chi connectivity index (χ1n) is 8.06. The van der Waals surface area contributed by atoms with Gasteiger partial charge in [-0.05, 0) is 38.8 Å². The molecule has 0 radical (unpaired) electrons. The van der Waals surface area contributed by atoms with E-state index in [-0.39, 0.29) is 5.60 Å². The topological polar surface area (TPSA) is 48.4 Å². The van der Waals surface area contributed by atoms with Crippen LogP contribution in [0.4, 0.5) is 0 Å². The van der Waals surface area contributed by atoms with Crippen LogP contribution in [0.25, 0.3) is 5.57 Å². The largest absolute Gasteiger partial charge is 0.486 e. The third kappa shape index (κ3) is 4.55. The molecule has 25 heavy (non-hydrogen) atoms. The number of terminal acetylenes is 1. The number of hydrogen-bond donors (Lipinski definition) is 0. The lowest BCUT2D eigenvalue weighted by atomic mass is 9.98. The summed E-state index contributed by atoms with van der Waals surface area (Å²) in [7, 11) is 0. The van der Waals surface area contributed by atoms with Crippen molar-refractivity contribution in [2.24, 2.45) is 0 Å². The van der Waals surface area contributed by atoms with Gasteiger partial charge in [-0.1, -0.05) is 37.7 Å². The molecule has 1 aromatic heterocycles. The minimum atomic E-state index is -0.576. The Balaban J connectivity index is 2.53. The van der Waals surface area contributed by atoms with Crippen LogP contribution in [0.2, 0.25) is 0 Å². The van der Waals surface area contributed by atoms with E-state index < -0.39 is 5.97 Å². The molecule has 0 amide bonds. The summed E-state index contributed by atoms with van der Waals surface area (Å²) in [5, 5.41) is 0. The second-order valence-corrected chi connectivity index (χ2v) is 7.07. The van der Waals surface area contributed by atoms with Gasteiger partial charge in [0.15, 0.2) is 0 Å². The van der Waals surface area contributed by atoms with E-state index in [9.17, 15) is 4.79 Å². The zero-order valence-corrected chi connectivity index (χ0v) is 15.7. The van der Waals surface area contributed by atoms with Crippen LogP contribution in [0.3, 0.4) is 0 Å². The smallest absolute Gasteiger partial charge is 0.353 e. The predicted molar refractivity (Wildman–Crippen MR) is 102 cm³/mol. The van der Waals surface area contributed by atoms with E-state index in [0.717, 1.165) is 16.0 Å².